The highest BCUT2D eigenvalue weighted by atomic mass is 32.2. The van der Waals surface area contributed by atoms with E-state index in [-0.39, 0.29) is 0 Å². The maximum atomic E-state index is 8.90. The number of nitrogens with zero attached hydrogens (tertiary/aromatic N) is 3. The van der Waals surface area contributed by atoms with Crippen LogP contribution in [0.2, 0.25) is 0 Å². The van der Waals surface area contributed by atoms with Crippen LogP contribution in [0.1, 0.15) is 16.1 Å². The zero-order valence-corrected chi connectivity index (χ0v) is 11.6. The van der Waals surface area contributed by atoms with Gasteiger partial charge in [-0.1, -0.05) is 29.2 Å². The van der Waals surface area contributed by atoms with Gasteiger partial charge in [-0.25, -0.2) is 0 Å². The summed E-state index contributed by atoms with van der Waals surface area (Å²) in [4.78, 5) is 0. The summed E-state index contributed by atoms with van der Waals surface area (Å²) in [5, 5.41) is 17.9. The third kappa shape index (κ3) is 3.00. The molecule has 1 aromatic heterocycles. The number of methoxy groups -OCH3 is 1. The van der Waals surface area contributed by atoms with Gasteiger partial charge in [0.1, 0.15) is 16.8 Å². The van der Waals surface area contributed by atoms with E-state index in [4.69, 9.17) is 10.00 Å². The van der Waals surface area contributed by atoms with Crippen molar-refractivity contribution in [3.63, 3.8) is 0 Å². The third-order valence-electron chi connectivity index (χ3n) is 2.26. The fourth-order valence-electron chi connectivity index (χ4n) is 1.40. The van der Waals surface area contributed by atoms with E-state index >= 15 is 0 Å². The number of nitriles is 1. The Morgan fingerprint density at radius 2 is 2.28 bits per heavy atom. The van der Waals surface area contributed by atoms with Crippen molar-refractivity contribution < 1.29 is 4.74 Å². The Bertz CT molecular complexity index is 589. The van der Waals surface area contributed by atoms with Gasteiger partial charge in [-0.15, -0.1) is 10.2 Å². The summed E-state index contributed by atoms with van der Waals surface area (Å²) in [5.41, 5.74) is 1.65. The molecule has 0 atom stereocenters. The molecule has 0 radical (unpaired) electrons. The summed E-state index contributed by atoms with van der Waals surface area (Å²) in [5.74, 6) is 1.40. The highest BCUT2D eigenvalue weighted by molar-refractivity contribution is 8.00. The van der Waals surface area contributed by atoms with Crippen LogP contribution in [0.5, 0.6) is 5.75 Å². The lowest BCUT2D eigenvalue weighted by Gasteiger charge is -2.05. The number of aryl methyl sites for hydroxylation is 1. The highest BCUT2D eigenvalue weighted by Crippen LogP contribution is 2.28. The number of ether oxygens (including phenoxy) is 1. The quantitative estimate of drug-likeness (QED) is 0.804. The molecule has 2 aromatic rings. The number of rotatable bonds is 4. The molecule has 0 spiro atoms. The van der Waals surface area contributed by atoms with Gasteiger partial charge in [0.05, 0.1) is 12.7 Å². The number of thioether (sulfide) groups is 1. The van der Waals surface area contributed by atoms with Gasteiger partial charge in [-0.3, -0.25) is 0 Å². The largest absolute Gasteiger partial charge is 0.495 e. The summed E-state index contributed by atoms with van der Waals surface area (Å²) in [6.07, 6.45) is 0. The van der Waals surface area contributed by atoms with Crippen molar-refractivity contribution >= 4 is 23.1 Å². The lowest BCUT2D eigenvalue weighted by molar-refractivity contribution is 0.413. The molecule has 92 valence electrons. The second-order valence-electron chi connectivity index (χ2n) is 3.52. The predicted molar refractivity (Wildman–Crippen MR) is 71.9 cm³/mol. The molecule has 1 heterocycles. The molecule has 0 aliphatic heterocycles. The molecule has 1 aromatic carbocycles. The van der Waals surface area contributed by atoms with E-state index in [1.165, 1.54) is 0 Å². The number of hydrogen-bond acceptors (Lipinski definition) is 6. The second kappa shape index (κ2) is 5.85. The third-order valence-corrected chi connectivity index (χ3v) is 4.30. The van der Waals surface area contributed by atoms with Crippen LogP contribution in [0.4, 0.5) is 0 Å². The van der Waals surface area contributed by atoms with Gasteiger partial charge in [0.25, 0.3) is 0 Å². The fourth-order valence-corrected chi connectivity index (χ4v) is 3.16. The van der Waals surface area contributed by atoms with Crippen molar-refractivity contribution in [1.29, 1.82) is 5.26 Å². The zero-order valence-electron chi connectivity index (χ0n) is 10.0. The van der Waals surface area contributed by atoms with E-state index in [2.05, 4.69) is 16.3 Å². The molecule has 0 aliphatic carbocycles. The zero-order chi connectivity index (χ0) is 13.0. The first-order chi connectivity index (χ1) is 8.72. The SMILES string of the molecule is COc1cc(CSc2nnc(C)s2)ccc1C#N. The molecule has 0 bridgehead atoms. The predicted octanol–water partition coefficient (Wildman–Crippen LogP) is 3.02. The van der Waals surface area contributed by atoms with Gasteiger partial charge in [-0.05, 0) is 24.6 Å². The van der Waals surface area contributed by atoms with Gasteiger partial charge in [0, 0.05) is 5.75 Å². The molecule has 0 amide bonds. The Hall–Kier alpha value is -1.58. The monoisotopic (exact) mass is 277 g/mol. The Morgan fingerprint density at radius 1 is 1.44 bits per heavy atom. The maximum absolute atomic E-state index is 8.90. The lowest BCUT2D eigenvalue weighted by atomic mass is 10.1. The van der Waals surface area contributed by atoms with Crippen LogP contribution in [-0.4, -0.2) is 17.3 Å². The van der Waals surface area contributed by atoms with Crippen LogP contribution < -0.4 is 4.74 Å². The summed E-state index contributed by atoms with van der Waals surface area (Å²) in [7, 11) is 1.57. The number of hydrogen-bond donors (Lipinski definition) is 0. The molecule has 0 N–H and O–H groups in total. The minimum atomic E-state index is 0.554. The molecule has 0 saturated carbocycles. The van der Waals surface area contributed by atoms with Crippen LogP contribution in [0.3, 0.4) is 0 Å². The van der Waals surface area contributed by atoms with Crippen LogP contribution in [0.15, 0.2) is 22.5 Å². The van der Waals surface area contributed by atoms with Crippen molar-refractivity contribution in [2.75, 3.05) is 7.11 Å². The van der Waals surface area contributed by atoms with Crippen LogP contribution in [0, 0.1) is 18.3 Å². The maximum Gasteiger partial charge on any atom is 0.174 e. The molecule has 4 nitrogen and oxygen atoms in total. The van der Waals surface area contributed by atoms with Crippen molar-refractivity contribution in [3.05, 3.63) is 34.3 Å². The number of aromatic nitrogens is 2. The van der Waals surface area contributed by atoms with E-state index in [0.29, 0.717) is 11.3 Å². The molecule has 18 heavy (non-hydrogen) atoms. The van der Waals surface area contributed by atoms with Crippen molar-refractivity contribution in [2.24, 2.45) is 0 Å². The average molecular weight is 277 g/mol. The molecule has 6 heteroatoms. The van der Waals surface area contributed by atoms with E-state index < -0.39 is 0 Å². The van der Waals surface area contributed by atoms with E-state index in [1.54, 1.807) is 36.3 Å². The summed E-state index contributed by atoms with van der Waals surface area (Å²) >= 11 is 3.22. The summed E-state index contributed by atoms with van der Waals surface area (Å²) < 4.78 is 6.13. The first-order valence-corrected chi connectivity index (χ1v) is 7.03. The van der Waals surface area contributed by atoms with Crippen LogP contribution in [0.25, 0.3) is 0 Å². The van der Waals surface area contributed by atoms with Gasteiger partial charge >= 0.3 is 0 Å². The molecule has 0 aliphatic rings. The van der Waals surface area contributed by atoms with Crippen LogP contribution >= 0.6 is 23.1 Å². The Labute approximate surface area is 114 Å². The van der Waals surface area contributed by atoms with E-state index in [0.717, 1.165) is 20.7 Å². The van der Waals surface area contributed by atoms with Gasteiger partial charge in [-0.2, -0.15) is 5.26 Å². The lowest BCUT2D eigenvalue weighted by Crippen LogP contribution is -1.90. The highest BCUT2D eigenvalue weighted by Gasteiger charge is 2.06. The standard InChI is InChI=1S/C12H11N3OS2/c1-8-14-15-12(18-8)17-7-9-3-4-10(6-13)11(5-9)16-2/h3-5H,7H2,1-2H3. The molecule has 0 fully saturated rings. The minimum absolute atomic E-state index is 0.554. The second-order valence-corrected chi connectivity index (χ2v) is 5.93. The normalized spacial score (nSPS) is 10.1. The smallest absolute Gasteiger partial charge is 0.174 e. The van der Waals surface area contributed by atoms with Gasteiger partial charge in [0.15, 0.2) is 4.34 Å². The summed E-state index contributed by atoms with van der Waals surface area (Å²) in [6, 6.07) is 7.70. The number of benzene rings is 1. The molecular formula is C12H11N3OS2. The van der Waals surface area contributed by atoms with E-state index in [9.17, 15) is 0 Å². The Morgan fingerprint density at radius 3 is 2.89 bits per heavy atom. The molecule has 2 rings (SSSR count). The Balaban J connectivity index is 2.08. The topological polar surface area (TPSA) is 58.8 Å². The first-order valence-electron chi connectivity index (χ1n) is 5.23. The molecule has 0 saturated heterocycles. The van der Waals surface area contributed by atoms with Gasteiger partial charge < -0.3 is 4.74 Å². The fraction of sp³-hybridized carbons (Fsp3) is 0.250. The van der Waals surface area contributed by atoms with E-state index in [1.807, 2.05) is 19.1 Å². The van der Waals surface area contributed by atoms with Crippen molar-refractivity contribution in [3.8, 4) is 11.8 Å². The first kappa shape index (κ1) is 12.9. The Kier molecular flexibility index (Phi) is 4.18. The average Bonchev–Trinajstić information content (AvgIpc) is 2.81. The summed E-state index contributed by atoms with van der Waals surface area (Å²) in [6.45, 7) is 1.94. The van der Waals surface area contributed by atoms with Gasteiger partial charge in [0.2, 0.25) is 0 Å². The minimum Gasteiger partial charge on any atom is -0.495 e. The molecular weight excluding hydrogens is 266 g/mol. The molecule has 0 unspecified atom stereocenters. The van der Waals surface area contributed by atoms with Crippen molar-refractivity contribution in [1.82, 2.24) is 10.2 Å². The van der Waals surface area contributed by atoms with Crippen molar-refractivity contribution in [2.45, 2.75) is 17.0 Å². The van der Waals surface area contributed by atoms with Crippen LogP contribution in [-0.2, 0) is 5.75 Å².